The first-order valence-corrected chi connectivity index (χ1v) is 3.38. The van der Waals surface area contributed by atoms with Crippen LogP contribution < -0.4 is 0 Å². The normalized spacial score (nSPS) is 10.6. The molecule has 0 aliphatic rings. The van der Waals surface area contributed by atoms with E-state index in [1.807, 2.05) is 0 Å². The van der Waals surface area contributed by atoms with E-state index in [9.17, 15) is 0 Å². The largest absolute Gasteiger partial charge is 0.507 e. The molecule has 0 aromatic heterocycles. The minimum Gasteiger partial charge on any atom is -0.507 e. The number of benzene rings is 1. The Hall–Kier alpha value is -1.16. The molecule has 0 atom stereocenters. The second-order valence-corrected chi connectivity index (χ2v) is 2.50. The van der Waals surface area contributed by atoms with Crippen LogP contribution in [0.1, 0.15) is 5.56 Å². The average Bonchev–Trinajstić information content (AvgIpc) is 1.98. The molecule has 1 aromatic carbocycles. The Morgan fingerprint density at radius 3 is 2.82 bits per heavy atom. The number of hydrogen-bond donors (Lipinski definition) is 3. The van der Waals surface area contributed by atoms with Gasteiger partial charge in [-0.3, -0.25) is 0 Å². The van der Waals surface area contributed by atoms with E-state index in [0.717, 1.165) is 6.21 Å². The first-order valence-electron chi connectivity index (χ1n) is 2.93. The first-order chi connectivity index (χ1) is 5.24. The van der Waals surface area contributed by atoms with Crippen LogP contribution in [0.5, 0.6) is 5.75 Å². The third kappa shape index (κ3) is 1.88. The van der Waals surface area contributed by atoms with Gasteiger partial charge in [-0.15, -0.1) is 12.6 Å². The second kappa shape index (κ2) is 3.30. The predicted octanol–water partition coefficient (Wildman–Crippen LogP) is 1.49. The molecule has 0 aliphatic carbocycles. The fourth-order valence-electron chi connectivity index (χ4n) is 0.708. The number of rotatable bonds is 1. The summed E-state index contributed by atoms with van der Waals surface area (Å²) in [6.07, 6.45) is 1.15. The molecule has 4 heteroatoms. The van der Waals surface area contributed by atoms with Crippen molar-refractivity contribution >= 4 is 18.8 Å². The van der Waals surface area contributed by atoms with Gasteiger partial charge in [0.25, 0.3) is 0 Å². The van der Waals surface area contributed by atoms with Crippen LogP contribution in [-0.2, 0) is 0 Å². The molecule has 0 bridgehead atoms. The van der Waals surface area contributed by atoms with E-state index >= 15 is 0 Å². The summed E-state index contributed by atoms with van der Waals surface area (Å²) in [6.45, 7) is 0. The summed E-state index contributed by atoms with van der Waals surface area (Å²) in [5.41, 5.74) is 0.444. The second-order valence-electron chi connectivity index (χ2n) is 1.99. The number of oxime groups is 1. The molecule has 58 valence electrons. The van der Waals surface area contributed by atoms with Gasteiger partial charge < -0.3 is 10.3 Å². The molecule has 0 fully saturated rings. The van der Waals surface area contributed by atoms with Crippen molar-refractivity contribution in [2.24, 2.45) is 5.16 Å². The molecular weight excluding hydrogens is 162 g/mol. The zero-order chi connectivity index (χ0) is 8.27. The Morgan fingerprint density at radius 1 is 1.45 bits per heavy atom. The Morgan fingerprint density at radius 2 is 2.18 bits per heavy atom. The van der Waals surface area contributed by atoms with Gasteiger partial charge in [0.15, 0.2) is 0 Å². The lowest BCUT2D eigenvalue weighted by Gasteiger charge is -1.97. The number of hydrogen-bond acceptors (Lipinski definition) is 4. The molecule has 0 amide bonds. The molecule has 11 heavy (non-hydrogen) atoms. The molecule has 0 radical (unpaired) electrons. The molecular formula is C7H7NO2S. The Bertz CT molecular complexity index is 286. The average molecular weight is 169 g/mol. The van der Waals surface area contributed by atoms with Crippen LogP contribution in [0.3, 0.4) is 0 Å². The molecule has 0 aliphatic heterocycles. The molecule has 0 unspecified atom stereocenters. The number of thiol groups is 1. The summed E-state index contributed by atoms with van der Waals surface area (Å²) in [4.78, 5) is 0.706. The molecule has 0 saturated carbocycles. The number of aromatic hydroxyl groups is 1. The topological polar surface area (TPSA) is 52.8 Å². The SMILES string of the molecule is ON=Cc1cc(S)ccc1O. The van der Waals surface area contributed by atoms with Gasteiger partial charge >= 0.3 is 0 Å². The summed E-state index contributed by atoms with van der Waals surface area (Å²) in [5, 5.41) is 20.1. The minimum absolute atomic E-state index is 0.0700. The van der Waals surface area contributed by atoms with Gasteiger partial charge in [-0.25, -0.2) is 0 Å². The van der Waals surface area contributed by atoms with E-state index in [1.165, 1.54) is 6.07 Å². The van der Waals surface area contributed by atoms with Crippen LogP contribution >= 0.6 is 12.6 Å². The smallest absolute Gasteiger partial charge is 0.124 e. The lowest BCUT2D eigenvalue weighted by Crippen LogP contribution is -1.81. The minimum atomic E-state index is 0.0700. The monoisotopic (exact) mass is 169 g/mol. The molecule has 3 nitrogen and oxygen atoms in total. The zero-order valence-electron chi connectivity index (χ0n) is 5.60. The van der Waals surface area contributed by atoms with Crippen molar-refractivity contribution in [1.82, 2.24) is 0 Å². The Balaban J connectivity index is 3.12. The molecule has 2 N–H and O–H groups in total. The molecule has 0 saturated heterocycles. The van der Waals surface area contributed by atoms with Gasteiger partial charge in [-0.1, -0.05) is 5.16 Å². The van der Waals surface area contributed by atoms with E-state index in [2.05, 4.69) is 17.8 Å². The van der Waals surface area contributed by atoms with Crippen molar-refractivity contribution in [3.8, 4) is 5.75 Å². The van der Waals surface area contributed by atoms with Gasteiger partial charge in [0.1, 0.15) is 5.75 Å². The lowest BCUT2D eigenvalue weighted by molar-refractivity contribution is 0.321. The number of nitrogens with zero attached hydrogens (tertiary/aromatic N) is 1. The van der Waals surface area contributed by atoms with Crippen LogP contribution in [-0.4, -0.2) is 16.5 Å². The quantitative estimate of drug-likeness (QED) is 0.258. The summed E-state index contributed by atoms with van der Waals surface area (Å²) in [5.74, 6) is 0.0700. The third-order valence-corrected chi connectivity index (χ3v) is 1.49. The Kier molecular flexibility index (Phi) is 2.38. The van der Waals surface area contributed by atoms with E-state index in [-0.39, 0.29) is 5.75 Å². The maximum absolute atomic E-state index is 9.13. The van der Waals surface area contributed by atoms with Gasteiger partial charge in [0, 0.05) is 10.5 Å². The lowest BCUT2D eigenvalue weighted by atomic mass is 10.2. The van der Waals surface area contributed by atoms with Crippen LogP contribution in [0.2, 0.25) is 0 Å². The molecule has 1 aromatic rings. The van der Waals surface area contributed by atoms with Crippen molar-refractivity contribution < 1.29 is 10.3 Å². The standard InChI is InChI=1S/C7H7NO2S/c9-7-2-1-6(11)3-5(7)4-8-10/h1-4,9-11H. The highest BCUT2D eigenvalue weighted by molar-refractivity contribution is 7.80. The van der Waals surface area contributed by atoms with E-state index in [0.29, 0.717) is 10.5 Å². The van der Waals surface area contributed by atoms with Crippen LogP contribution in [0, 0.1) is 0 Å². The van der Waals surface area contributed by atoms with Crippen molar-refractivity contribution in [2.45, 2.75) is 4.90 Å². The van der Waals surface area contributed by atoms with Crippen molar-refractivity contribution in [1.29, 1.82) is 0 Å². The predicted molar refractivity (Wildman–Crippen MR) is 44.7 cm³/mol. The molecule has 0 heterocycles. The maximum atomic E-state index is 9.13. The fourth-order valence-corrected chi connectivity index (χ4v) is 0.921. The Labute approximate surface area is 69.4 Å². The van der Waals surface area contributed by atoms with Crippen molar-refractivity contribution in [3.05, 3.63) is 23.8 Å². The molecule has 0 spiro atoms. The third-order valence-electron chi connectivity index (χ3n) is 1.21. The van der Waals surface area contributed by atoms with Gasteiger partial charge in [0.2, 0.25) is 0 Å². The summed E-state index contributed by atoms with van der Waals surface area (Å²) >= 11 is 4.04. The summed E-state index contributed by atoms with van der Waals surface area (Å²) < 4.78 is 0. The summed E-state index contributed by atoms with van der Waals surface area (Å²) in [6, 6.07) is 4.73. The van der Waals surface area contributed by atoms with E-state index in [4.69, 9.17) is 10.3 Å². The van der Waals surface area contributed by atoms with Gasteiger partial charge in [-0.05, 0) is 18.2 Å². The van der Waals surface area contributed by atoms with Crippen LogP contribution in [0.25, 0.3) is 0 Å². The van der Waals surface area contributed by atoms with E-state index < -0.39 is 0 Å². The van der Waals surface area contributed by atoms with Crippen LogP contribution in [0.15, 0.2) is 28.3 Å². The maximum Gasteiger partial charge on any atom is 0.124 e. The first kappa shape index (κ1) is 7.94. The molecule has 1 rings (SSSR count). The van der Waals surface area contributed by atoms with Gasteiger partial charge in [0.05, 0.1) is 6.21 Å². The highest BCUT2D eigenvalue weighted by atomic mass is 32.1. The van der Waals surface area contributed by atoms with Crippen LogP contribution in [0.4, 0.5) is 0 Å². The highest BCUT2D eigenvalue weighted by Gasteiger charge is 1.97. The summed E-state index contributed by atoms with van der Waals surface area (Å²) in [7, 11) is 0. The van der Waals surface area contributed by atoms with Gasteiger partial charge in [-0.2, -0.15) is 0 Å². The van der Waals surface area contributed by atoms with E-state index in [1.54, 1.807) is 12.1 Å². The fraction of sp³-hybridized carbons (Fsp3) is 0. The zero-order valence-corrected chi connectivity index (χ0v) is 6.49. The van der Waals surface area contributed by atoms with Crippen molar-refractivity contribution in [3.63, 3.8) is 0 Å². The van der Waals surface area contributed by atoms with Crippen molar-refractivity contribution in [2.75, 3.05) is 0 Å². The number of phenolic OH excluding ortho intramolecular Hbond substituents is 1. The number of phenols is 1. The highest BCUT2D eigenvalue weighted by Crippen LogP contribution is 2.18.